The first-order chi connectivity index (χ1) is 9.54. The van der Waals surface area contributed by atoms with Gasteiger partial charge in [-0.3, -0.25) is 14.5 Å². The van der Waals surface area contributed by atoms with E-state index < -0.39 is 0 Å². The Morgan fingerprint density at radius 2 is 1.85 bits per heavy atom. The molecule has 0 unspecified atom stereocenters. The number of nitrogens with zero attached hydrogens (tertiary/aromatic N) is 1. The second kappa shape index (κ2) is 6.47. The molecule has 5 nitrogen and oxygen atoms in total. The number of anilines is 1. The Kier molecular flexibility index (Phi) is 4.68. The van der Waals surface area contributed by atoms with Crippen LogP contribution in [-0.2, 0) is 9.59 Å². The molecule has 1 aliphatic heterocycles. The van der Waals surface area contributed by atoms with Crippen LogP contribution in [0.5, 0.6) is 0 Å². The molecule has 2 amide bonds. The van der Waals surface area contributed by atoms with Gasteiger partial charge in [-0.15, -0.1) is 0 Å². The number of rotatable bonds is 4. The van der Waals surface area contributed by atoms with Crippen molar-refractivity contribution in [3.63, 3.8) is 0 Å². The van der Waals surface area contributed by atoms with E-state index in [1.807, 2.05) is 4.90 Å². The predicted octanol–water partition coefficient (Wildman–Crippen LogP) is 0.961. The second-order valence-electron chi connectivity index (χ2n) is 5.01. The monoisotopic (exact) mass is 279 g/mol. The number of hydrogen-bond donors (Lipinski definition) is 2. The maximum Gasteiger partial charge on any atom is 0.238 e. The van der Waals surface area contributed by atoms with E-state index in [-0.39, 0.29) is 30.1 Å². The molecule has 2 rings (SSSR count). The maximum absolute atomic E-state index is 12.7. The van der Waals surface area contributed by atoms with Gasteiger partial charge >= 0.3 is 0 Å². The highest BCUT2D eigenvalue weighted by Crippen LogP contribution is 2.16. The van der Waals surface area contributed by atoms with Crippen molar-refractivity contribution in [1.29, 1.82) is 0 Å². The number of primary amides is 1. The molecule has 1 fully saturated rings. The number of carbonyl (C=O) groups is 2. The van der Waals surface area contributed by atoms with Crippen molar-refractivity contribution in [2.75, 3.05) is 25.0 Å². The van der Waals surface area contributed by atoms with Crippen molar-refractivity contribution >= 4 is 17.5 Å². The number of hydrogen-bond acceptors (Lipinski definition) is 3. The summed E-state index contributed by atoms with van der Waals surface area (Å²) >= 11 is 0. The molecule has 0 aliphatic carbocycles. The lowest BCUT2D eigenvalue weighted by Gasteiger charge is -2.29. The molecule has 0 spiro atoms. The fourth-order valence-corrected chi connectivity index (χ4v) is 2.31. The molecule has 1 aromatic carbocycles. The van der Waals surface area contributed by atoms with E-state index in [0.29, 0.717) is 31.6 Å². The molecule has 1 saturated heterocycles. The fourth-order valence-electron chi connectivity index (χ4n) is 2.31. The van der Waals surface area contributed by atoms with Crippen LogP contribution in [-0.4, -0.2) is 36.3 Å². The topological polar surface area (TPSA) is 75.4 Å². The summed E-state index contributed by atoms with van der Waals surface area (Å²) in [6.07, 6.45) is 1.39. The first kappa shape index (κ1) is 14.5. The Morgan fingerprint density at radius 1 is 1.25 bits per heavy atom. The number of piperidine rings is 1. The summed E-state index contributed by atoms with van der Waals surface area (Å²) in [5.74, 6) is -0.822. The van der Waals surface area contributed by atoms with Gasteiger partial charge in [0.15, 0.2) is 0 Å². The molecule has 0 aromatic heterocycles. The van der Waals surface area contributed by atoms with Crippen LogP contribution in [0.4, 0.5) is 10.1 Å². The van der Waals surface area contributed by atoms with Crippen LogP contribution in [0.3, 0.4) is 0 Å². The highest BCUT2D eigenvalue weighted by atomic mass is 19.1. The molecule has 1 heterocycles. The maximum atomic E-state index is 12.7. The number of amides is 2. The summed E-state index contributed by atoms with van der Waals surface area (Å²) in [4.78, 5) is 24.9. The van der Waals surface area contributed by atoms with E-state index >= 15 is 0 Å². The van der Waals surface area contributed by atoms with Gasteiger partial charge < -0.3 is 11.1 Å². The van der Waals surface area contributed by atoms with Crippen molar-refractivity contribution in [2.24, 2.45) is 11.7 Å². The highest BCUT2D eigenvalue weighted by Gasteiger charge is 2.24. The molecule has 6 heteroatoms. The number of likely N-dealkylation sites (tertiary alicyclic amines) is 1. The van der Waals surface area contributed by atoms with Crippen molar-refractivity contribution < 1.29 is 14.0 Å². The third-order valence-electron chi connectivity index (χ3n) is 3.49. The van der Waals surface area contributed by atoms with Crippen molar-refractivity contribution in [3.8, 4) is 0 Å². The average Bonchev–Trinajstić information content (AvgIpc) is 2.42. The Balaban J connectivity index is 1.78. The summed E-state index contributed by atoms with van der Waals surface area (Å²) in [7, 11) is 0. The van der Waals surface area contributed by atoms with Gasteiger partial charge in [0, 0.05) is 11.6 Å². The number of carbonyl (C=O) groups excluding carboxylic acids is 2. The van der Waals surface area contributed by atoms with Gasteiger partial charge in [-0.05, 0) is 50.2 Å². The van der Waals surface area contributed by atoms with Gasteiger partial charge in [0.2, 0.25) is 11.8 Å². The predicted molar refractivity (Wildman–Crippen MR) is 73.4 cm³/mol. The zero-order valence-corrected chi connectivity index (χ0v) is 11.1. The minimum absolute atomic E-state index is 0.0774. The van der Waals surface area contributed by atoms with Gasteiger partial charge in [-0.1, -0.05) is 0 Å². The molecule has 1 aromatic rings. The molecule has 1 aliphatic rings. The molecule has 0 saturated carbocycles. The lowest BCUT2D eigenvalue weighted by molar-refractivity contribution is -0.123. The Morgan fingerprint density at radius 3 is 2.40 bits per heavy atom. The summed E-state index contributed by atoms with van der Waals surface area (Å²) < 4.78 is 12.7. The van der Waals surface area contributed by atoms with E-state index in [1.54, 1.807) is 0 Å². The molecule has 0 atom stereocenters. The smallest absolute Gasteiger partial charge is 0.238 e. The van der Waals surface area contributed by atoms with Crippen LogP contribution in [0.25, 0.3) is 0 Å². The minimum atomic E-state index is -0.337. The van der Waals surface area contributed by atoms with Crippen LogP contribution in [0, 0.1) is 11.7 Å². The highest BCUT2D eigenvalue weighted by molar-refractivity contribution is 5.92. The van der Waals surface area contributed by atoms with E-state index in [9.17, 15) is 14.0 Å². The number of nitrogens with one attached hydrogen (secondary N) is 1. The minimum Gasteiger partial charge on any atom is -0.369 e. The van der Waals surface area contributed by atoms with Gasteiger partial charge in [-0.25, -0.2) is 4.39 Å². The molecule has 0 radical (unpaired) electrons. The Bertz CT molecular complexity index is 482. The number of halogens is 1. The van der Waals surface area contributed by atoms with Gasteiger partial charge in [-0.2, -0.15) is 0 Å². The van der Waals surface area contributed by atoms with Gasteiger partial charge in [0.1, 0.15) is 5.82 Å². The van der Waals surface area contributed by atoms with E-state index in [1.165, 1.54) is 24.3 Å². The largest absolute Gasteiger partial charge is 0.369 e. The first-order valence-electron chi connectivity index (χ1n) is 6.61. The quantitative estimate of drug-likeness (QED) is 0.862. The van der Waals surface area contributed by atoms with Crippen LogP contribution in [0.15, 0.2) is 24.3 Å². The van der Waals surface area contributed by atoms with Crippen LogP contribution in [0.1, 0.15) is 12.8 Å². The summed E-state index contributed by atoms with van der Waals surface area (Å²) in [6.45, 7) is 1.64. The zero-order chi connectivity index (χ0) is 14.5. The van der Waals surface area contributed by atoms with Crippen LogP contribution < -0.4 is 11.1 Å². The van der Waals surface area contributed by atoms with Crippen molar-refractivity contribution in [3.05, 3.63) is 30.1 Å². The third kappa shape index (κ3) is 4.03. The Labute approximate surface area is 116 Å². The lowest BCUT2D eigenvalue weighted by atomic mass is 9.96. The van der Waals surface area contributed by atoms with Crippen molar-refractivity contribution in [2.45, 2.75) is 12.8 Å². The Hall–Kier alpha value is -1.95. The van der Waals surface area contributed by atoms with Crippen LogP contribution in [0.2, 0.25) is 0 Å². The van der Waals surface area contributed by atoms with E-state index in [2.05, 4.69) is 5.32 Å². The molecule has 20 heavy (non-hydrogen) atoms. The normalized spacial score (nSPS) is 16.9. The molecule has 3 N–H and O–H groups in total. The van der Waals surface area contributed by atoms with E-state index in [4.69, 9.17) is 5.73 Å². The molecular weight excluding hydrogens is 261 g/mol. The van der Waals surface area contributed by atoms with E-state index in [0.717, 1.165) is 0 Å². The van der Waals surface area contributed by atoms with Crippen LogP contribution >= 0.6 is 0 Å². The average molecular weight is 279 g/mol. The summed E-state index contributed by atoms with van der Waals surface area (Å²) in [5, 5.41) is 2.71. The van der Waals surface area contributed by atoms with Gasteiger partial charge in [0.05, 0.1) is 6.54 Å². The third-order valence-corrected chi connectivity index (χ3v) is 3.49. The molecule has 108 valence electrons. The molecular formula is C14H18FN3O2. The summed E-state index contributed by atoms with van der Waals surface area (Å²) in [6, 6.07) is 5.64. The summed E-state index contributed by atoms with van der Waals surface area (Å²) in [5.41, 5.74) is 5.83. The number of nitrogens with two attached hydrogens (primary N) is 1. The molecule has 0 bridgehead atoms. The fraction of sp³-hybridized carbons (Fsp3) is 0.429. The standard InChI is InChI=1S/C14H18FN3O2/c15-11-1-3-12(4-2-11)17-13(19)9-18-7-5-10(6-8-18)14(16)20/h1-4,10H,5-9H2,(H2,16,20)(H,17,19). The van der Waals surface area contributed by atoms with Crippen molar-refractivity contribution in [1.82, 2.24) is 4.90 Å². The lowest BCUT2D eigenvalue weighted by Crippen LogP contribution is -2.42. The number of benzene rings is 1. The zero-order valence-electron chi connectivity index (χ0n) is 11.1. The van der Waals surface area contributed by atoms with Gasteiger partial charge in [0.25, 0.3) is 0 Å². The first-order valence-corrected chi connectivity index (χ1v) is 6.61. The second-order valence-corrected chi connectivity index (χ2v) is 5.01. The SMILES string of the molecule is NC(=O)C1CCN(CC(=O)Nc2ccc(F)cc2)CC1.